The number of ether oxygens (including phenoxy) is 1. The summed E-state index contributed by atoms with van der Waals surface area (Å²) in [6, 6.07) is 5.85. The van der Waals surface area contributed by atoms with Crippen molar-refractivity contribution < 1.29 is 4.74 Å². The largest absolute Gasteiger partial charge is 0.494 e. The van der Waals surface area contributed by atoms with Crippen LogP contribution in [0, 0.1) is 0 Å². The molecule has 17 heavy (non-hydrogen) atoms. The number of thioether (sulfide) groups is 1. The van der Waals surface area contributed by atoms with Crippen LogP contribution in [0.1, 0.15) is 6.92 Å². The van der Waals surface area contributed by atoms with E-state index in [1.165, 1.54) is 5.54 Å². The SMILES string of the molecule is CCOc1ccc2nc(SC/C=C/Cl)[nH]c2c1. The van der Waals surface area contributed by atoms with E-state index >= 15 is 0 Å². The number of rotatable bonds is 5. The summed E-state index contributed by atoms with van der Waals surface area (Å²) in [4.78, 5) is 7.71. The number of hydrogen-bond acceptors (Lipinski definition) is 3. The Morgan fingerprint density at radius 2 is 2.41 bits per heavy atom. The number of nitrogens with one attached hydrogen (secondary N) is 1. The molecular formula is C12H13ClN2OS. The van der Waals surface area contributed by atoms with E-state index in [1.807, 2.05) is 31.2 Å². The zero-order valence-electron chi connectivity index (χ0n) is 9.44. The van der Waals surface area contributed by atoms with Gasteiger partial charge in [-0.05, 0) is 19.1 Å². The van der Waals surface area contributed by atoms with Gasteiger partial charge < -0.3 is 9.72 Å². The van der Waals surface area contributed by atoms with Crippen LogP contribution in [0.4, 0.5) is 0 Å². The van der Waals surface area contributed by atoms with Crippen molar-refractivity contribution in [3.63, 3.8) is 0 Å². The van der Waals surface area contributed by atoms with E-state index in [1.54, 1.807) is 11.8 Å². The normalized spacial score (nSPS) is 11.4. The molecule has 1 aromatic heterocycles. The van der Waals surface area contributed by atoms with Crippen molar-refractivity contribution >= 4 is 34.4 Å². The van der Waals surface area contributed by atoms with Gasteiger partial charge in [-0.3, -0.25) is 0 Å². The van der Waals surface area contributed by atoms with E-state index in [0.29, 0.717) is 6.61 Å². The zero-order chi connectivity index (χ0) is 12.1. The van der Waals surface area contributed by atoms with Crippen LogP contribution in [-0.4, -0.2) is 22.3 Å². The minimum atomic E-state index is 0.668. The molecular weight excluding hydrogens is 256 g/mol. The lowest BCUT2D eigenvalue weighted by atomic mass is 10.3. The molecule has 0 radical (unpaired) electrons. The molecule has 1 aromatic carbocycles. The predicted octanol–water partition coefficient (Wildman–Crippen LogP) is 3.81. The number of nitrogens with zero attached hydrogens (tertiary/aromatic N) is 1. The molecule has 90 valence electrons. The van der Waals surface area contributed by atoms with Crippen molar-refractivity contribution in [1.29, 1.82) is 0 Å². The number of aromatic nitrogens is 2. The molecule has 0 amide bonds. The van der Waals surface area contributed by atoms with Crippen molar-refractivity contribution in [3.05, 3.63) is 29.8 Å². The molecule has 0 saturated carbocycles. The summed E-state index contributed by atoms with van der Waals surface area (Å²) < 4.78 is 5.44. The second kappa shape index (κ2) is 5.98. The fourth-order valence-electron chi connectivity index (χ4n) is 1.45. The monoisotopic (exact) mass is 268 g/mol. The lowest BCUT2D eigenvalue weighted by Crippen LogP contribution is -1.90. The molecule has 0 aliphatic rings. The first-order valence-electron chi connectivity index (χ1n) is 5.34. The lowest BCUT2D eigenvalue weighted by molar-refractivity contribution is 0.340. The summed E-state index contributed by atoms with van der Waals surface area (Å²) in [5.74, 6) is 1.67. The molecule has 0 unspecified atom stereocenters. The highest BCUT2D eigenvalue weighted by molar-refractivity contribution is 7.99. The molecule has 1 N–H and O–H groups in total. The summed E-state index contributed by atoms with van der Waals surface area (Å²) in [5, 5.41) is 0.892. The molecule has 1 heterocycles. The second-order valence-corrected chi connectivity index (χ2v) is 4.59. The Labute approximate surface area is 109 Å². The first-order chi connectivity index (χ1) is 8.33. The third-order valence-electron chi connectivity index (χ3n) is 2.15. The maximum atomic E-state index is 5.46. The molecule has 0 aliphatic heterocycles. The third-order valence-corrected chi connectivity index (χ3v) is 3.15. The molecule has 0 aliphatic carbocycles. The standard InChI is InChI=1S/C12H13ClN2OS/c1-2-16-9-4-5-10-11(8-9)15-12(14-10)17-7-3-6-13/h3-6,8H,2,7H2,1H3,(H,14,15)/b6-3+. The van der Waals surface area contributed by atoms with Gasteiger partial charge in [0, 0.05) is 17.4 Å². The number of aromatic amines is 1. The van der Waals surface area contributed by atoms with Crippen molar-refractivity contribution in [2.24, 2.45) is 0 Å². The topological polar surface area (TPSA) is 37.9 Å². The van der Waals surface area contributed by atoms with Crippen LogP contribution < -0.4 is 4.74 Å². The lowest BCUT2D eigenvalue weighted by Gasteiger charge is -2.00. The number of halogens is 1. The first kappa shape index (κ1) is 12.3. The molecule has 2 rings (SSSR count). The fourth-order valence-corrected chi connectivity index (χ4v) is 2.34. The van der Waals surface area contributed by atoms with Gasteiger partial charge in [0.25, 0.3) is 0 Å². The fraction of sp³-hybridized carbons (Fsp3) is 0.250. The van der Waals surface area contributed by atoms with Gasteiger partial charge in [0.05, 0.1) is 17.6 Å². The Morgan fingerprint density at radius 3 is 3.18 bits per heavy atom. The van der Waals surface area contributed by atoms with Gasteiger partial charge >= 0.3 is 0 Å². The van der Waals surface area contributed by atoms with Crippen molar-refractivity contribution in [2.75, 3.05) is 12.4 Å². The Kier molecular flexibility index (Phi) is 4.34. The summed E-state index contributed by atoms with van der Waals surface area (Å²) in [5.41, 5.74) is 3.46. The predicted molar refractivity (Wildman–Crippen MR) is 73.0 cm³/mol. The smallest absolute Gasteiger partial charge is 0.166 e. The Bertz CT molecular complexity index is 524. The molecule has 2 aromatic rings. The van der Waals surface area contributed by atoms with E-state index in [0.717, 1.165) is 27.7 Å². The van der Waals surface area contributed by atoms with Gasteiger partial charge in [0.2, 0.25) is 0 Å². The maximum absolute atomic E-state index is 5.46. The molecule has 0 bridgehead atoms. The molecule has 0 fully saturated rings. The van der Waals surface area contributed by atoms with Crippen molar-refractivity contribution in [2.45, 2.75) is 12.1 Å². The van der Waals surface area contributed by atoms with E-state index < -0.39 is 0 Å². The van der Waals surface area contributed by atoms with Crippen LogP contribution in [0.15, 0.2) is 35.0 Å². The minimum absolute atomic E-state index is 0.668. The second-order valence-electron chi connectivity index (χ2n) is 3.33. The molecule has 0 atom stereocenters. The number of imidazole rings is 1. The molecule has 5 heteroatoms. The quantitative estimate of drug-likeness (QED) is 0.838. The Hall–Kier alpha value is -1.13. The van der Waals surface area contributed by atoms with Crippen molar-refractivity contribution in [3.8, 4) is 5.75 Å². The summed E-state index contributed by atoms with van der Waals surface area (Å²) in [7, 11) is 0. The number of H-pyrrole nitrogens is 1. The number of benzene rings is 1. The van der Waals surface area contributed by atoms with Gasteiger partial charge in [-0.1, -0.05) is 29.4 Å². The summed E-state index contributed by atoms with van der Waals surface area (Å²) in [6.07, 6.45) is 1.88. The zero-order valence-corrected chi connectivity index (χ0v) is 11.0. The van der Waals surface area contributed by atoms with Crippen LogP contribution in [0.3, 0.4) is 0 Å². The minimum Gasteiger partial charge on any atom is -0.494 e. The van der Waals surface area contributed by atoms with Gasteiger partial charge in [0.15, 0.2) is 5.16 Å². The number of fused-ring (bicyclic) bond motifs is 1. The van der Waals surface area contributed by atoms with Crippen LogP contribution in [0.2, 0.25) is 0 Å². The highest BCUT2D eigenvalue weighted by Crippen LogP contribution is 2.23. The average Bonchev–Trinajstić information content (AvgIpc) is 2.72. The van der Waals surface area contributed by atoms with Crippen LogP contribution >= 0.6 is 23.4 Å². The maximum Gasteiger partial charge on any atom is 0.166 e. The first-order valence-corrected chi connectivity index (χ1v) is 6.76. The van der Waals surface area contributed by atoms with E-state index in [9.17, 15) is 0 Å². The Balaban J connectivity index is 2.18. The van der Waals surface area contributed by atoms with E-state index in [-0.39, 0.29) is 0 Å². The van der Waals surface area contributed by atoms with Crippen molar-refractivity contribution in [1.82, 2.24) is 9.97 Å². The van der Waals surface area contributed by atoms with Crippen LogP contribution in [0.5, 0.6) is 5.75 Å². The molecule has 0 saturated heterocycles. The molecule has 0 spiro atoms. The summed E-state index contributed by atoms with van der Waals surface area (Å²) in [6.45, 7) is 2.64. The van der Waals surface area contributed by atoms with Gasteiger partial charge in [-0.2, -0.15) is 0 Å². The molecule has 3 nitrogen and oxygen atoms in total. The van der Waals surface area contributed by atoms with E-state index in [4.69, 9.17) is 16.3 Å². The van der Waals surface area contributed by atoms with E-state index in [2.05, 4.69) is 9.97 Å². The third kappa shape index (κ3) is 3.17. The summed E-state index contributed by atoms with van der Waals surface area (Å²) >= 11 is 7.07. The van der Waals surface area contributed by atoms with Gasteiger partial charge in [-0.15, -0.1) is 0 Å². The Morgan fingerprint density at radius 1 is 1.53 bits per heavy atom. The van der Waals surface area contributed by atoms with Gasteiger partial charge in [-0.25, -0.2) is 4.98 Å². The highest BCUT2D eigenvalue weighted by Gasteiger charge is 2.03. The highest BCUT2D eigenvalue weighted by atomic mass is 35.5. The van der Waals surface area contributed by atoms with Crippen LogP contribution in [0.25, 0.3) is 11.0 Å². The number of hydrogen-bond donors (Lipinski definition) is 1. The average molecular weight is 269 g/mol. The van der Waals surface area contributed by atoms with Gasteiger partial charge in [0.1, 0.15) is 5.75 Å². The van der Waals surface area contributed by atoms with Crippen LogP contribution in [-0.2, 0) is 0 Å².